The van der Waals surface area contributed by atoms with Gasteiger partial charge in [-0.15, -0.1) is 0 Å². The molecule has 2 aromatic rings. The normalized spacial score (nSPS) is 10.6. The van der Waals surface area contributed by atoms with Crippen molar-refractivity contribution >= 4 is 29.4 Å². The fraction of sp³-hybridized carbons (Fsp3) is 0.158. The van der Waals surface area contributed by atoms with Crippen LogP contribution in [0.5, 0.6) is 0 Å². The molecule has 2 aromatic carbocycles. The minimum atomic E-state index is -0.257. The van der Waals surface area contributed by atoms with Gasteiger partial charge < -0.3 is 16.0 Å². The molecule has 0 aliphatic carbocycles. The maximum absolute atomic E-state index is 11.9. The van der Waals surface area contributed by atoms with Gasteiger partial charge in [0.05, 0.1) is 0 Å². The minimum Gasteiger partial charge on any atom is -0.336 e. The van der Waals surface area contributed by atoms with Crippen LogP contribution in [-0.2, 0) is 4.79 Å². The third kappa shape index (κ3) is 5.96. The molecular weight excluding hydrogens is 302 g/mol. The second kappa shape index (κ2) is 8.53. The number of hydrogen-bond donors (Lipinski definition) is 3. The van der Waals surface area contributed by atoms with E-state index >= 15 is 0 Å². The van der Waals surface area contributed by atoms with E-state index in [9.17, 15) is 9.59 Å². The molecule has 0 unspecified atom stereocenters. The van der Waals surface area contributed by atoms with Gasteiger partial charge in [0.15, 0.2) is 0 Å². The predicted molar refractivity (Wildman–Crippen MR) is 97.8 cm³/mol. The Morgan fingerprint density at radius 2 is 1.46 bits per heavy atom. The van der Waals surface area contributed by atoms with Gasteiger partial charge >= 0.3 is 6.03 Å². The lowest BCUT2D eigenvalue weighted by atomic mass is 10.2. The highest BCUT2D eigenvalue weighted by Gasteiger charge is 2.03. The summed E-state index contributed by atoms with van der Waals surface area (Å²) in [4.78, 5) is 23.5. The number of carbonyl (C=O) groups excluding carboxylic acids is 2. The highest BCUT2D eigenvalue weighted by atomic mass is 16.2. The lowest BCUT2D eigenvalue weighted by Crippen LogP contribution is -2.34. The lowest BCUT2D eigenvalue weighted by Gasteiger charge is -2.10. The molecule has 0 aromatic heterocycles. The van der Waals surface area contributed by atoms with Crippen molar-refractivity contribution in [3.05, 3.63) is 66.2 Å². The van der Waals surface area contributed by atoms with Crippen molar-refractivity contribution in [1.29, 1.82) is 0 Å². The maximum atomic E-state index is 11.9. The Bertz CT molecular complexity index is 707. The molecule has 0 aliphatic heterocycles. The molecular formula is C19H21N3O2. The van der Waals surface area contributed by atoms with E-state index in [2.05, 4.69) is 16.0 Å². The summed E-state index contributed by atoms with van der Waals surface area (Å²) in [6.07, 6.45) is 3.24. The predicted octanol–water partition coefficient (Wildman–Crippen LogP) is 3.87. The molecule has 0 atom stereocenters. The molecule has 5 heteroatoms. The Morgan fingerprint density at radius 1 is 0.875 bits per heavy atom. The van der Waals surface area contributed by atoms with E-state index < -0.39 is 0 Å². The van der Waals surface area contributed by atoms with Gasteiger partial charge in [-0.2, -0.15) is 0 Å². The third-order valence-corrected chi connectivity index (χ3v) is 3.06. The van der Waals surface area contributed by atoms with Crippen LogP contribution in [0.1, 0.15) is 19.4 Å². The fourth-order valence-electron chi connectivity index (χ4n) is 1.99. The summed E-state index contributed by atoms with van der Waals surface area (Å²) in [6.45, 7) is 3.78. The van der Waals surface area contributed by atoms with Gasteiger partial charge in [0.1, 0.15) is 0 Å². The van der Waals surface area contributed by atoms with Crippen LogP contribution in [-0.4, -0.2) is 18.0 Å². The highest BCUT2D eigenvalue weighted by molar-refractivity contribution is 6.02. The number of nitrogens with one attached hydrogen (secondary N) is 3. The van der Waals surface area contributed by atoms with Crippen LogP contribution in [0.4, 0.5) is 16.2 Å². The number of amides is 3. The first-order chi connectivity index (χ1) is 11.5. The van der Waals surface area contributed by atoms with Crippen LogP contribution in [0.25, 0.3) is 6.08 Å². The van der Waals surface area contributed by atoms with E-state index in [4.69, 9.17) is 0 Å². The maximum Gasteiger partial charge on any atom is 0.319 e. The second-order valence-electron chi connectivity index (χ2n) is 5.56. The quantitative estimate of drug-likeness (QED) is 0.731. The Labute approximate surface area is 141 Å². The summed E-state index contributed by atoms with van der Waals surface area (Å²) in [5.74, 6) is -0.211. The lowest BCUT2D eigenvalue weighted by molar-refractivity contribution is -0.111. The number of carbonyl (C=O) groups is 2. The van der Waals surface area contributed by atoms with Gasteiger partial charge in [0.25, 0.3) is 0 Å². The molecule has 0 aliphatic rings. The van der Waals surface area contributed by atoms with Crippen molar-refractivity contribution in [3.8, 4) is 0 Å². The van der Waals surface area contributed by atoms with Crippen LogP contribution >= 0.6 is 0 Å². The molecule has 5 nitrogen and oxygen atoms in total. The average Bonchev–Trinajstić information content (AvgIpc) is 2.55. The molecule has 3 N–H and O–H groups in total. The SMILES string of the molecule is CC(C)NC(=O)Nc1ccc(NC(=O)/C=C/c2ccccc2)cc1. The third-order valence-electron chi connectivity index (χ3n) is 3.06. The first kappa shape index (κ1) is 17.3. The molecule has 0 radical (unpaired) electrons. The molecule has 124 valence electrons. The standard InChI is InChI=1S/C19H21N3O2/c1-14(2)20-19(24)22-17-11-9-16(10-12-17)21-18(23)13-8-15-6-4-3-5-7-15/h3-14H,1-2H3,(H,21,23)(H2,20,22,24)/b13-8+. The van der Waals surface area contributed by atoms with Crippen molar-refractivity contribution in [2.45, 2.75) is 19.9 Å². The van der Waals surface area contributed by atoms with Crippen LogP contribution in [0.3, 0.4) is 0 Å². The van der Waals surface area contributed by atoms with Gasteiger partial charge in [-0.25, -0.2) is 4.79 Å². The first-order valence-electron chi connectivity index (χ1n) is 7.74. The van der Waals surface area contributed by atoms with Crippen molar-refractivity contribution < 1.29 is 9.59 Å². The average molecular weight is 323 g/mol. The molecule has 3 amide bonds. The molecule has 0 saturated carbocycles. The molecule has 24 heavy (non-hydrogen) atoms. The van der Waals surface area contributed by atoms with E-state index in [1.54, 1.807) is 30.3 Å². The molecule has 0 spiro atoms. The van der Waals surface area contributed by atoms with E-state index in [0.717, 1.165) is 5.56 Å². The van der Waals surface area contributed by atoms with Gasteiger partial charge in [-0.1, -0.05) is 30.3 Å². The van der Waals surface area contributed by atoms with Crippen molar-refractivity contribution in [2.75, 3.05) is 10.6 Å². The van der Waals surface area contributed by atoms with Gasteiger partial charge in [0, 0.05) is 23.5 Å². The summed E-state index contributed by atoms with van der Waals surface area (Å²) >= 11 is 0. The molecule has 0 heterocycles. The van der Waals surface area contributed by atoms with E-state index in [-0.39, 0.29) is 18.0 Å². The number of hydrogen-bond acceptors (Lipinski definition) is 2. The zero-order valence-electron chi connectivity index (χ0n) is 13.7. The van der Waals surface area contributed by atoms with E-state index in [1.807, 2.05) is 44.2 Å². The molecule has 0 fully saturated rings. The summed E-state index contributed by atoms with van der Waals surface area (Å²) in [6, 6.07) is 16.4. The Balaban J connectivity index is 1.88. The van der Waals surface area contributed by atoms with Crippen LogP contribution in [0.15, 0.2) is 60.7 Å². The minimum absolute atomic E-state index is 0.0694. The summed E-state index contributed by atoms with van der Waals surface area (Å²) in [5.41, 5.74) is 2.28. The van der Waals surface area contributed by atoms with Crippen LogP contribution in [0.2, 0.25) is 0 Å². The zero-order chi connectivity index (χ0) is 17.4. The van der Waals surface area contributed by atoms with Crippen molar-refractivity contribution in [2.24, 2.45) is 0 Å². The number of urea groups is 1. The van der Waals surface area contributed by atoms with Gasteiger partial charge in [-0.3, -0.25) is 4.79 Å². The number of anilines is 2. The van der Waals surface area contributed by atoms with E-state index in [0.29, 0.717) is 11.4 Å². The summed E-state index contributed by atoms with van der Waals surface area (Å²) < 4.78 is 0. The monoisotopic (exact) mass is 323 g/mol. The Kier molecular flexibility index (Phi) is 6.14. The smallest absolute Gasteiger partial charge is 0.319 e. The highest BCUT2D eigenvalue weighted by Crippen LogP contribution is 2.13. The number of rotatable bonds is 5. The largest absolute Gasteiger partial charge is 0.336 e. The van der Waals surface area contributed by atoms with Crippen LogP contribution in [0, 0.1) is 0 Å². The topological polar surface area (TPSA) is 70.2 Å². The van der Waals surface area contributed by atoms with E-state index in [1.165, 1.54) is 6.08 Å². The fourth-order valence-corrected chi connectivity index (χ4v) is 1.99. The zero-order valence-corrected chi connectivity index (χ0v) is 13.7. The Hall–Kier alpha value is -3.08. The second-order valence-corrected chi connectivity index (χ2v) is 5.56. The summed E-state index contributed by atoms with van der Waals surface area (Å²) in [5, 5.41) is 8.24. The van der Waals surface area contributed by atoms with Crippen molar-refractivity contribution in [1.82, 2.24) is 5.32 Å². The first-order valence-corrected chi connectivity index (χ1v) is 7.74. The van der Waals surface area contributed by atoms with Gasteiger partial charge in [0.2, 0.25) is 5.91 Å². The molecule has 2 rings (SSSR count). The number of benzene rings is 2. The summed E-state index contributed by atoms with van der Waals surface area (Å²) in [7, 11) is 0. The van der Waals surface area contributed by atoms with Crippen molar-refractivity contribution in [3.63, 3.8) is 0 Å². The molecule has 0 saturated heterocycles. The van der Waals surface area contributed by atoms with Gasteiger partial charge in [-0.05, 0) is 49.8 Å². The van der Waals surface area contributed by atoms with Crippen LogP contribution < -0.4 is 16.0 Å². The molecule has 0 bridgehead atoms. The Morgan fingerprint density at radius 3 is 2.04 bits per heavy atom.